The summed E-state index contributed by atoms with van der Waals surface area (Å²) in [6.07, 6.45) is 0.412. The number of amides is 1. The molecule has 0 saturated heterocycles. The minimum absolute atomic E-state index is 0.0332. The van der Waals surface area contributed by atoms with Gasteiger partial charge in [0.25, 0.3) is 0 Å². The first-order valence-corrected chi connectivity index (χ1v) is 11.1. The van der Waals surface area contributed by atoms with Gasteiger partial charge >= 0.3 is 0 Å². The van der Waals surface area contributed by atoms with Crippen molar-refractivity contribution in [1.29, 1.82) is 0 Å². The third-order valence-electron chi connectivity index (χ3n) is 5.87. The first-order chi connectivity index (χ1) is 15.8. The number of rotatable bonds is 9. The molecule has 3 rings (SSSR count). The van der Waals surface area contributed by atoms with Crippen LogP contribution in [0.25, 0.3) is 0 Å². The van der Waals surface area contributed by atoms with Gasteiger partial charge in [0.15, 0.2) is 11.6 Å². The Kier molecular flexibility index (Phi) is 8.41. The molecule has 178 valence electrons. The van der Waals surface area contributed by atoms with E-state index in [2.05, 4.69) is 10.3 Å². The van der Waals surface area contributed by atoms with E-state index in [0.717, 1.165) is 17.8 Å². The number of aliphatic imine (C=N–C) groups is 1. The maximum atomic E-state index is 13.9. The average molecular weight is 457 g/mol. The minimum Gasteiger partial charge on any atom is -0.490 e. The third kappa shape index (κ3) is 6.09. The van der Waals surface area contributed by atoms with Crippen LogP contribution in [0.3, 0.4) is 0 Å². The maximum absolute atomic E-state index is 13.9. The second kappa shape index (κ2) is 11.2. The first-order valence-electron chi connectivity index (χ1n) is 11.1. The zero-order chi connectivity index (χ0) is 24.0. The van der Waals surface area contributed by atoms with Crippen molar-refractivity contribution in [2.75, 3.05) is 52.8 Å². The fourth-order valence-corrected chi connectivity index (χ4v) is 3.81. The number of likely N-dealkylation sites (N-methyl/N-ethyl adjacent to an activating group) is 1. The molecule has 1 heterocycles. The monoisotopic (exact) mass is 456 g/mol. The fraction of sp³-hybridized carbons (Fsp3) is 0.440. The normalized spacial score (nSPS) is 16.7. The molecule has 0 fully saturated rings. The lowest BCUT2D eigenvalue weighted by Crippen LogP contribution is -2.33. The summed E-state index contributed by atoms with van der Waals surface area (Å²) in [7, 11) is 5.69. The standard InChI is InChI=1S/C25H33FN4O3/c1-16(28-2)20(14-27)17-8-9-22(23(13-17)32-11-10-30(3)4)29-25(31)19-12-18-6-5-7-21(26)24(18)33-15-19/h5-9,13,19-20H,10-12,14-15,27H2,1-4H3,(H,29,31). The second-order valence-corrected chi connectivity index (χ2v) is 8.49. The topological polar surface area (TPSA) is 89.2 Å². The Labute approximate surface area is 194 Å². The second-order valence-electron chi connectivity index (χ2n) is 8.49. The van der Waals surface area contributed by atoms with Crippen molar-refractivity contribution >= 4 is 17.3 Å². The molecular weight excluding hydrogens is 423 g/mol. The van der Waals surface area contributed by atoms with Gasteiger partial charge in [0, 0.05) is 31.8 Å². The van der Waals surface area contributed by atoms with Crippen molar-refractivity contribution < 1.29 is 18.7 Å². The maximum Gasteiger partial charge on any atom is 0.231 e. The molecule has 2 atom stereocenters. The lowest BCUT2D eigenvalue weighted by Gasteiger charge is -2.25. The van der Waals surface area contributed by atoms with E-state index in [1.54, 1.807) is 19.2 Å². The quantitative estimate of drug-likeness (QED) is 0.566. The van der Waals surface area contributed by atoms with Crippen LogP contribution in [0.2, 0.25) is 0 Å². The van der Waals surface area contributed by atoms with E-state index in [0.29, 0.717) is 36.6 Å². The van der Waals surface area contributed by atoms with E-state index < -0.39 is 11.7 Å². The van der Waals surface area contributed by atoms with Crippen molar-refractivity contribution in [3.05, 3.63) is 53.3 Å². The van der Waals surface area contributed by atoms with E-state index in [4.69, 9.17) is 15.2 Å². The van der Waals surface area contributed by atoms with Crippen molar-refractivity contribution in [1.82, 2.24) is 4.90 Å². The molecule has 7 nitrogen and oxygen atoms in total. The largest absolute Gasteiger partial charge is 0.490 e. The van der Waals surface area contributed by atoms with E-state index in [-0.39, 0.29) is 24.2 Å². The van der Waals surface area contributed by atoms with Crippen LogP contribution in [0.4, 0.5) is 10.1 Å². The van der Waals surface area contributed by atoms with Crippen LogP contribution in [0, 0.1) is 11.7 Å². The number of carbonyl (C=O) groups is 1. The van der Waals surface area contributed by atoms with Gasteiger partial charge in [-0.05, 0) is 56.8 Å². The van der Waals surface area contributed by atoms with Gasteiger partial charge in [0.05, 0.1) is 11.6 Å². The Bertz CT molecular complexity index is 1010. The Morgan fingerprint density at radius 1 is 1.36 bits per heavy atom. The number of hydrogen-bond donors (Lipinski definition) is 2. The summed E-state index contributed by atoms with van der Waals surface area (Å²) >= 11 is 0. The molecule has 2 aromatic carbocycles. The number of hydrogen-bond acceptors (Lipinski definition) is 6. The molecule has 1 aliphatic rings. The molecule has 1 aliphatic heterocycles. The number of fused-ring (bicyclic) bond motifs is 1. The lowest BCUT2D eigenvalue weighted by atomic mass is 9.94. The van der Waals surface area contributed by atoms with Gasteiger partial charge in [0.2, 0.25) is 5.91 Å². The fourth-order valence-electron chi connectivity index (χ4n) is 3.81. The highest BCUT2D eigenvalue weighted by molar-refractivity contribution is 5.95. The zero-order valence-corrected chi connectivity index (χ0v) is 19.7. The Morgan fingerprint density at radius 2 is 2.15 bits per heavy atom. The van der Waals surface area contributed by atoms with Gasteiger partial charge in [0.1, 0.15) is 19.0 Å². The number of nitrogens with one attached hydrogen (secondary N) is 1. The molecule has 2 aromatic rings. The molecule has 33 heavy (non-hydrogen) atoms. The van der Waals surface area contributed by atoms with Crippen LogP contribution >= 0.6 is 0 Å². The molecule has 0 saturated carbocycles. The number of para-hydroxylation sites is 1. The summed E-state index contributed by atoms with van der Waals surface area (Å²) in [5, 5.41) is 2.98. The lowest BCUT2D eigenvalue weighted by molar-refractivity contribution is -0.121. The molecule has 0 spiro atoms. The van der Waals surface area contributed by atoms with Crippen LogP contribution in [0.15, 0.2) is 41.4 Å². The molecule has 2 unspecified atom stereocenters. The van der Waals surface area contributed by atoms with Crippen molar-refractivity contribution in [3.8, 4) is 11.5 Å². The molecular formula is C25H33FN4O3. The number of nitrogens with zero attached hydrogens (tertiary/aromatic N) is 2. The van der Waals surface area contributed by atoms with E-state index in [9.17, 15) is 9.18 Å². The van der Waals surface area contributed by atoms with Crippen LogP contribution < -0.4 is 20.5 Å². The number of ether oxygens (including phenoxy) is 2. The number of benzene rings is 2. The smallest absolute Gasteiger partial charge is 0.231 e. The summed E-state index contributed by atoms with van der Waals surface area (Å²) in [6, 6.07) is 10.5. The number of anilines is 1. The molecule has 0 aromatic heterocycles. The van der Waals surface area contributed by atoms with Gasteiger partial charge in [-0.2, -0.15) is 0 Å². The predicted octanol–water partition coefficient (Wildman–Crippen LogP) is 3.09. The number of nitrogens with two attached hydrogens (primary N) is 1. The van der Waals surface area contributed by atoms with Crippen LogP contribution in [-0.4, -0.2) is 64.0 Å². The van der Waals surface area contributed by atoms with Gasteiger partial charge in [-0.1, -0.05) is 18.2 Å². The Hall–Kier alpha value is -2.97. The number of halogens is 1. The summed E-state index contributed by atoms with van der Waals surface area (Å²) in [5.41, 5.74) is 9.18. The highest BCUT2D eigenvalue weighted by Crippen LogP contribution is 2.33. The molecule has 0 aliphatic carbocycles. The highest BCUT2D eigenvalue weighted by atomic mass is 19.1. The van der Waals surface area contributed by atoms with Crippen LogP contribution in [0.1, 0.15) is 24.0 Å². The molecule has 0 radical (unpaired) electrons. The average Bonchev–Trinajstić information content (AvgIpc) is 2.80. The summed E-state index contributed by atoms with van der Waals surface area (Å²) in [5.74, 6) is -0.253. The molecule has 0 bridgehead atoms. The Morgan fingerprint density at radius 3 is 2.85 bits per heavy atom. The summed E-state index contributed by atoms with van der Waals surface area (Å²) in [4.78, 5) is 19.3. The summed E-state index contributed by atoms with van der Waals surface area (Å²) < 4.78 is 25.5. The SMILES string of the molecule is CN=C(C)C(CN)c1ccc(NC(=O)C2COc3c(F)cccc3C2)c(OCCN(C)C)c1. The molecule has 3 N–H and O–H groups in total. The first kappa shape index (κ1) is 24.7. The van der Waals surface area contributed by atoms with Gasteiger partial charge in [-0.25, -0.2) is 4.39 Å². The van der Waals surface area contributed by atoms with E-state index in [1.165, 1.54) is 6.07 Å². The third-order valence-corrected chi connectivity index (χ3v) is 5.87. The van der Waals surface area contributed by atoms with E-state index >= 15 is 0 Å². The van der Waals surface area contributed by atoms with E-state index in [1.807, 2.05) is 44.1 Å². The zero-order valence-electron chi connectivity index (χ0n) is 19.7. The Balaban J connectivity index is 1.80. The van der Waals surface area contributed by atoms with Gasteiger partial charge < -0.3 is 25.4 Å². The van der Waals surface area contributed by atoms with Crippen molar-refractivity contribution in [2.45, 2.75) is 19.3 Å². The van der Waals surface area contributed by atoms with Gasteiger partial charge in [-0.15, -0.1) is 0 Å². The number of carbonyl (C=O) groups excluding carboxylic acids is 1. The van der Waals surface area contributed by atoms with Crippen LogP contribution in [-0.2, 0) is 11.2 Å². The van der Waals surface area contributed by atoms with Crippen molar-refractivity contribution in [3.63, 3.8) is 0 Å². The minimum atomic E-state index is -0.431. The highest BCUT2D eigenvalue weighted by Gasteiger charge is 2.28. The van der Waals surface area contributed by atoms with Crippen molar-refractivity contribution in [2.24, 2.45) is 16.6 Å². The summed E-state index contributed by atoms with van der Waals surface area (Å²) in [6.45, 7) is 3.68. The predicted molar refractivity (Wildman–Crippen MR) is 129 cm³/mol. The molecule has 8 heteroatoms. The van der Waals surface area contributed by atoms with Crippen LogP contribution in [0.5, 0.6) is 11.5 Å². The van der Waals surface area contributed by atoms with Gasteiger partial charge in [-0.3, -0.25) is 9.79 Å². The molecule has 1 amide bonds.